The van der Waals surface area contributed by atoms with Gasteiger partial charge in [0.15, 0.2) is 6.17 Å². The normalized spacial score (nSPS) is 24.3. The van der Waals surface area contributed by atoms with E-state index >= 15 is 4.39 Å². The average Bonchev–Trinajstić information content (AvgIpc) is 3.86. The van der Waals surface area contributed by atoms with Crippen molar-refractivity contribution in [2.24, 2.45) is 5.41 Å². The number of aliphatic hydroxyl groups excluding tert-OH is 1. The molecule has 0 bridgehead atoms. The highest BCUT2D eigenvalue weighted by atomic mass is 19.3. The predicted molar refractivity (Wildman–Crippen MR) is 170 cm³/mol. The molecule has 0 radical (unpaired) electrons. The summed E-state index contributed by atoms with van der Waals surface area (Å²) >= 11 is 0. The highest BCUT2D eigenvalue weighted by Crippen LogP contribution is 2.52. The van der Waals surface area contributed by atoms with E-state index in [1.54, 1.807) is 0 Å². The van der Waals surface area contributed by atoms with E-state index < -0.39 is 18.2 Å². The van der Waals surface area contributed by atoms with Crippen LogP contribution in [0.4, 0.5) is 19.1 Å². The Morgan fingerprint density at radius 3 is 2.13 bits per heavy atom. The number of nitrogens with zero attached hydrogens (tertiary/aromatic N) is 4. The van der Waals surface area contributed by atoms with Gasteiger partial charge in [-0.3, -0.25) is 4.98 Å². The lowest BCUT2D eigenvalue weighted by atomic mass is 9.68. The largest absolute Gasteiger partial charge is 0.388 e. The molecule has 3 aromatic rings. The van der Waals surface area contributed by atoms with E-state index in [0.29, 0.717) is 35.4 Å². The van der Waals surface area contributed by atoms with E-state index in [1.165, 1.54) is 18.4 Å². The molecule has 0 spiro atoms. The van der Waals surface area contributed by atoms with E-state index in [1.807, 2.05) is 43.6 Å². The van der Waals surface area contributed by atoms with Crippen molar-refractivity contribution in [3.63, 3.8) is 0 Å². The van der Waals surface area contributed by atoms with E-state index in [0.717, 1.165) is 54.4 Å². The van der Waals surface area contributed by atoms with Gasteiger partial charge in [-0.15, -0.1) is 0 Å². The molecule has 4 aliphatic rings. The number of benzene rings is 1. The zero-order chi connectivity index (χ0) is 31.5. The number of fused-ring (bicyclic) bond motifs is 1. The van der Waals surface area contributed by atoms with E-state index in [4.69, 9.17) is 4.98 Å². The highest BCUT2D eigenvalue weighted by molar-refractivity contribution is 5.51. The van der Waals surface area contributed by atoms with Gasteiger partial charge >= 0.3 is 0 Å². The molecule has 0 amide bonds. The minimum Gasteiger partial charge on any atom is -0.388 e. The Balaban J connectivity index is 1.30. The fourth-order valence-corrected chi connectivity index (χ4v) is 8.09. The van der Waals surface area contributed by atoms with Gasteiger partial charge in [-0.1, -0.05) is 43.7 Å². The molecule has 7 rings (SSSR count). The molecule has 2 atom stereocenters. The van der Waals surface area contributed by atoms with Crippen molar-refractivity contribution in [2.75, 3.05) is 18.0 Å². The maximum Gasteiger partial charge on any atom is 0.248 e. The number of hydrogen-bond donors (Lipinski definition) is 1. The molecular formula is C37H45F3N4O. The van der Waals surface area contributed by atoms with Crippen LogP contribution in [0.5, 0.6) is 0 Å². The molecule has 2 aromatic heterocycles. The number of hydrogen-bond acceptors (Lipinski definition) is 5. The van der Waals surface area contributed by atoms with Gasteiger partial charge in [0, 0.05) is 61.1 Å². The Morgan fingerprint density at radius 1 is 0.867 bits per heavy atom. The average molecular weight is 619 g/mol. The van der Waals surface area contributed by atoms with Gasteiger partial charge in [-0.2, -0.15) is 0 Å². The Bertz CT molecular complexity index is 1520. The van der Waals surface area contributed by atoms with Crippen LogP contribution in [0.1, 0.15) is 146 Å². The maximum absolute atomic E-state index is 17.2. The maximum atomic E-state index is 17.2. The lowest BCUT2D eigenvalue weighted by Gasteiger charge is -2.41. The number of rotatable bonds is 6. The van der Waals surface area contributed by atoms with Gasteiger partial charge < -0.3 is 10.0 Å². The molecule has 3 fully saturated rings. The molecule has 1 aliphatic heterocycles. The van der Waals surface area contributed by atoms with Crippen LogP contribution in [0.3, 0.4) is 0 Å². The van der Waals surface area contributed by atoms with Crippen LogP contribution < -0.4 is 4.90 Å². The molecule has 8 heteroatoms. The van der Waals surface area contributed by atoms with Crippen molar-refractivity contribution in [1.29, 1.82) is 0 Å². The van der Waals surface area contributed by atoms with Crippen molar-refractivity contribution in [3.05, 3.63) is 81.4 Å². The van der Waals surface area contributed by atoms with Crippen molar-refractivity contribution < 1.29 is 18.3 Å². The van der Waals surface area contributed by atoms with Gasteiger partial charge in [0.1, 0.15) is 0 Å². The first-order valence-electron chi connectivity index (χ1n) is 16.9. The number of aryl methyl sites for hydroxylation is 1. The molecule has 1 aromatic carbocycles. The summed E-state index contributed by atoms with van der Waals surface area (Å²) in [5, 5.41) is 11.6. The van der Waals surface area contributed by atoms with Crippen LogP contribution in [-0.2, 0) is 6.42 Å². The van der Waals surface area contributed by atoms with Crippen molar-refractivity contribution in [1.82, 2.24) is 15.0 Å². The number of pyridine rings is 1. The molecule has 45 heavy (non-hydrogen) atoms. The zero-order valence-corrected chi connectivity index (χ0v) is 26.7. The molecule has 1 N–H and O–H groups in total. The summed E-state index contributed by atoms with van der Waals surface area (Å²) < 4.78 is 46.0. The smallest absolute Gasteiger partial charge is 0.248 e. The first-order valence-corrected chi connectivity index (χ1v) is 16.9. The third-order valence-corrected chi connectivity index (χ3v) is 10.8. The monoisotopic (exact) mass is 618 g/mol. The van der Waals surface area contributed by atoms with Gasteiger partial charge in [-0.05, 0) is 92.2 Å². The van der Waals surface area contributed by atoms with Crippen LogP contribution in [0.25, 0.3) is 0 Å². The predicted octanol–water partition coefficient (Wildman–Crippen LogP) is 8.80. The Labute approximate surface area is 264 Å². The standard InChI is InChI=1S/C37H45F3N4O/c1-22-4-6-25(7-5-22)33(38)32-30(24-10-14-37(39,40)15-11-24)31-28(18-36(2,3)19-29(31)45)43-34(32)26-12-16-44(17-13-26)35-41-20-27(21-42-35)23-8-9-23/h4-7,20-21,23-24,26,29,33,45H,8-19H2,1-3H3/t29-,33-/m0/s1. The van der Waals surface area contributed by atoms with Crippen LogP contribution in [-0.4, -0.2) is 39.1 Å². The lowest BCUT2D eigenvalue weighted by molar-refractivity contribution is -0.0385. The first kappa shape index (κ1) is 30.6. The number of aromatic nitrogens is 3. The van der Waals surface area contributed by atoms with Crippen LogP contribution in [0, 0.1) is 12.3 Å². The Kier molecular flexibility index (Phi) is 7.94. The second kappa shape index (κ2) is 11.7. The molecule has 3 aliphatic carbocycles. The summed E-state index contributed by atoms with van der Waals surface area (Å²) in [5.74, 6) is -1.61. The lowest BCUT2D eigenvalue weighted by Crippen LogP contribution is -2.36. The zero-order valence-electron chi connectivity index (χ0n) is 26.7. The minimum atomic E-state index is -2.70. The quantitative estimate of drug-likeness (QED) is 0.299. The first-order chi connectivity index (χ1) is 21.5. The molecule has 240 valence electrons. The number of alkyl halides is 3. The molecule has 5 nitrogen and oxygen atoms in total. The second-order valence-electron chi connectivity index (χ2n) is 15.0. The highest BCUT2D eigenvalue weighted by Gasteiger charge is 2.43. The topological polar surface area (TPSA) is 62.1 Å². The fourth-order valence-electron chi connectivity index (χ4n) is 8.09. The number of halogens is 3. The molecule has 1 saturated heterocycles. The summed E-state index contributed by atoms with van der Waals surface area (Å²) in [6.07, 6.45) is 6.92. The number of anilines is 1. The molecule has 3 heterocycles. The summed E-state index contributed by atoms with van der Waals surface area (Å²) in [4.78, 5) is 16.8. The summed E-state index contributed by atoms with van der Waals surface area (Å²) in [6, 6.07) is 7.48. The summed E-state index contributed by atoms with van der Waals surface area (Å²) in [5.41, 5.74) is 6.19. The number of aliphatic hydroxyl groups is 1. The number of piperidine rings is 1. The van der Waals surface area contributed by atoms with E-state index in [-0.39, 0.29) is 42.9 Å². The Hall–Kier alpha value is -3.00. The second-order valence-corrected chi connectivity index (χ2v) is 15.0. The van der Waals surface area contributed by atoms with Crippen LogP contribution in [0.15, 0.2) is 36.7 Å². The molecule has 0 unspecified atom stereocenters. The Morgan fingerprint density at radius 2 is 1.51 bits per heavy atom. The van der Waals surface area contributed by atoms with Crippen molar-refractivity contribution in [2.45, 2.75) is 121 Å². The van der Waals surface area contributed by atoms with Gasteiger partial charge in [-0.25, -0.2) is 23.1 Å². The minimum absolute atomic E-state index is 0.00180. The van der Waals surface area contributed by atoms with Gasteiger partial charge in [0.2, 0.25) is 11.9 Å². The SMILES string of the molecule is Cc1ccc([C@H](F)c2c(C3CCN(c4ncc(C5CC5)cn4)CC3)nc3c(c2C2CCC(F)(F)CC2)[C@@H](O)CC(C)(C)C3)cc1. The summed E-state index contributed by atoms with van der Waals surface area (Å²) in [7, 11) is 0. The third-order valence-electron chi connectivity index (χ3n) is 10.8. The van der Waals surface area contributed by atoms with Crippen LogP contribution in [0.2, 0.25) is 0 Å². The third kappa shape index (κ3) is 6.24. The molecule has 2 saturated carbocycles. The van der Waals surface area contributed by atoms with Crippen molar-refractivity contribution in [3.8, 4) is 0 Å². The molecular weight excluding hydrogens is 573 g/mol. The van der Waals surface area contributed by atoms with Crippen LogP contribution >= 0.6 is 0 Å². The van der Waals surface area contributed by atoms with Gasteiger partial charge in [0.25, 0.3) is 0 Å². The fraction of sp³-hybridized carbons (Fsp3) is 0.595. The van der Waals surface area contributed by atoms with E-state index in [2.05, 4.69) is 28.7 Å². The van der Waals surface area contributed by atoms with Crippen molar-refractivity contribution >= 4 is 5.95 Å². The van der Waals surface area contributed by atoms with E-state index in [9.17, 15) is 13.9 Å². The summed E-state index contributed by atoms with van der Waals surface area (Å²) in [6.45, 7) is 7.70. The van der Waals surface area contributed by atoms with Gasteiger partial charge in [0.05, 0.1) is 11.8 Å².